The van der Waals surface area contributed by atoms with E-state index in [4.69, 9.17) is 9.47 Å². The maximum Gasteiger partial charge on any atom is 0.341 e. The van der Waals surface area contributed by atoms with Gasteiger partial charge in [-0.25, -0.2) is 9.18 Å². The van der Waals surface area contributed by atoms with Crippen LogP contribution in [0.1, 0.15) is 82.1 Å². The number of aromatic nitrogens is 1. The zero-order valence-corrected chi connectivity index (χ0v) is 29.3. The molecule has 0 bridgehead atoms. The number of carbonyl (C=O) groups is 3. The Kier molecular flexibility index (Phi) is 9.14. The average molecular weight is 690 g/mol. The number of pyridine rings is 1. The van der Waals surface area contributed by atoms with Crippen molar-refractivity contribution in [3.63, 3.8) is 0 Å². The Morgan fingerprint density at radius 1 is 1.08 bits per heavy atom. The molecule has 1 saturated carbocycles. The molecule has 4 aromatic rings. The Bertz CT molecular complexity index is 2020. The summed E-state index contributed by atoms with van der Waals surface area (Å²) in [5.74, 6) is -2.23. The monoisotopic (exact) mass is 689 g/mol. The molecule has 49 heavy (non-hydrogen) atoms. The maximum absolute atomic E-state index is 16.3. The fourth-order valence-electron chi connectivity index (χ4n) is 6.81. The number of hydrogen-bond acceptors (Lipinski definition) is 9. The first-order chi connectivity index (χ1) is 23.3. The lowest BCUT2D eigenvalue weighted by Crippen LogP contribution is -2.53. The quantitative estimate of drug-likeness (QED) is 0.156. The standard InChI is InChI=1S/C37H40FN3O7S/c1-20-18-39(31-29(38)21(2)27-30(34(31)47-6)41(25-13-14-25)22(3)28(33(27)43)35(44)45)15-16-40(20)19-48-36(46)37(4,5)24-11-9-23(10-12-24)32(42)26-8-7-17-49-26/h7-12,17,20,25H,13-16,18-19H2,1-6H3,(H,44,45). The normalized spacial score (nSPS) is 17.0. The van der Waals surface area contributed by atoms with Gasteiger partial charge in [0.15, 0.2) is 11.6 Å². The number of rotatable bonds is 10. The fraction of sp³-hybridized carbons (Fsp3) is 0.405. The van der Waals surface area contributed by atoms with E-state index in [1.54, 1.807) is 51.1 Å². The summed E-state index contributed by atoms with van der Waals surface area (Å²) in [6.45, 7) is 9.94. The largest absolute Gasteiger partial charge is 0.492 e. The lowest BCUT2D eigenvalue weighted by Gasteiger charge is -2.41. The molecule has 1 unspecified atom stereocenters. The number of nitrogens with zero attached hydrogens (tertiary/aromatic N) is 3. The molecule has 12 heteroatoms. The van der Waals surface area contributed by atoms with Crippen molar-refractivity contribution in [3.05, 3.63) is 90.6 Å². The van der Waals surface area contributed by atoms with E-state index in [9.17, 15) is 24.3 Å². The van der Waals surface area contributed by atoms with E-state index >= 15 is 4.39 Å². The number of anilines is 1. The van der Waals surface area contributed by atoms with Gasteiger partial charge in [-0.1, -0.05) is 30.3 Å². The third kappa shape index (κ3) is 6.01. The number of aromatic carboxylic acids is 1. The third-order valence-electron chi connectivity index (χ3n) is 9.89. The molecule has 1 aliphatic carbocycles. The molecular formula is C37H40FN3O7S. The number of benzene rings is 2. The molecule has 0 spiro atoms. The number of aryl methyl sites for hydroxylation is 1. The van der Waals surface area contributed by atoms with Crippen LogP contribution in [-0.4, -0.2) is 71.8 Å². The summed E-state index contributed by atoms with van der Waals surface area (Å²) in [6.07, 6.45) is 1.64. The number of halogens is 1. The van der Waals surface area contributed by atoms with Crippen molar-refractivity contribution in [3.8, 4) is 5.75 Å². The fourth-order valence-corrected chi connectivity index (χ4v) is 7.50. The molecule has 1 aliphatic heterocycles. The molecule has 0 radical (unpaired) electrons. The van der Waals surface area contributed by atoms with Crippen molar-refractivity contribution in [2.45, 2.75) is 65.0 Å². The summed E-state index contributed by atoms with van der Waals surface area (Å²) < 4.78 is 29.8. The number of carbonyl (C=O) groups excluding carboxylic acids is 2. The zero-order valence-electron chi connectivity index (χ0n) is 28.5. The van der Waals surface area contributed by atoms with Crippen molar-refractivity contribution >= 4 is 45.6 Å². The first-order valence-corrected chi connectivity index (χ1v) is 17.2. The van der Waals surface area contributed by atoms with Gasteiger partial charge in [0.1, 0.15) is 18.0 Å². The molecule has 0 amide bonds. The van der Waals surface area contributed by atoms with Crippen molar-refractivity contribution in [2.75, 3.05) is 38.4 Å². The number of hydrogen-bond donors (Lipinski definition) is 1. The van der Waals surface area contributed by atoms with Crippen LogP contribution in [0.25, 0.3) is 10.9 Å². The van der Waals surface area contributed by atoms with Gasteiger partial charge in [-0.2, -0.15) is 0 Å². The van der Waals surface area contributed by atoms with Crippen LogP contribution in [0.3, 0.4) is 0 Å². The van der Waals surface area contributed by atoms with Crippen LogP contribution in [-0.2, 0) is 14.9 Å². The lowest BCUT2D eigenvalue weighted by atomic mass is 9.84. The van der Waals surface area contributed by atoms with Crippen molar-refractivity contribution in [2.24, 2.45) is 0 Å². The van der Waals surface area contributed by atoms with Gasteiger partial charge in [-0.3, -0.25) is 19.3 Å². The summed E-state index contributed by atoms with van der Waals surface area (Å²) in [6, 6.07) is 10.5. The molecule has 6 rings (SSSR count). The van der Waals surface area contributed by atoms with Crippen molar-refractivity contribution < 1.29 is 33.4 Å². The van der Waals surface area contributed by atoms with Gasteiger partial charge in [0.05, 0.1) is 28.3 Å². The van der Waals surface area contributed by atoms with Crippen LogP contribution in [0.15, 0.2) is 46.6 Å². The number of ether oxygens (including phenoxy) is 2. The molecule has 10 nitrogen and oxygen atoms in total. The van der Waals surface area contributed by atoms with Crippen molar-refractivity contribution in [1.29, 1.82) is 0 Å². The molecular weight excluding hydrogens is 649 g/mol. The van der Waals surface area contributed by atoms with Crippen LogP contribution in [0.2, 0.25) is 0 Å². The molecule has 258 valence electrons. The number of piperazine rings is 1. The molecule has 3 heterocycles. The van der Waals surface area contributed by atoms with Crippen molar-refractivity contribution in [1.82, 2.24) is 9.47 Å². The molecule has 1 saturated heterocycles. The number of carboxylic acid groups (broad SMARTS) is 1. The van der Waals surface area contributed by atoms with E-state index in [2.05, 4.69) is 0 Å². The smallest absolute Gasteiger partial charge is 0.341 e. The molecule has 2 fully saturated rings. The first-order valence-electron chi connectivity index (χ1n) is 16.3. The minimum atomic E-state index is -1.34. The van der Waals surface area contributed by atoms with E-state index in [-0.39, 0.29) is 52.5 Å². The topological polar surface area (TPSA) is 118 Å². The van der Waals surface area contributed by atoms with E-state index in [0.29, 0.717) is 41.3 Å². The van der Waals surface area contributed by atoms with Crippen LogP contribution in [0.4, 0.5) is 10.1 Å². The highest BCUT2D eigenvalue weighted by molar-refractivity contribution is 7.12. The highest BCUT2D eigenvalue weighted by Crippen LogP contribution is 2.46. The third-order valence-corrected chi connectivity index (χ3v) is 10.8. The number of fused-ring (bicyclic) bond motifs is 1. The Balaban J connectivity index is 1.20. The minimum Gasteiger partial charge on any atom is -0.492 e. The Morgan fingerprint density at radius 2 is 1.78 bits per heavy atom. The molecule has 1 N–H and O–H groups in total. The maximum atomic E-state index is 16.3. The summed E-state index contributed by atoms with van der Waals surface area (Å²) in [7, 11) is 1.44. The highest BCUT2D eigenvalue weighted by atomic mass is 32.1. The predicted octanol–water partition coefficient (Wildman–Crippen LogP) is 6.08. The van der Waals surface area contributed by atoms with Crippen LogP contribution < -0.4 is 15.1 Å². The second-order valence-corrected chi connectivity index (χ2v) is 14.4. The predicted molar refractivity (Wildman–Crippen MR) is 186 cm³/mol. The number of esters is 1. The van der Waals surface area contributed by atoms with Gasteiger partial charge in [0.2, 0.25) is 11.2 Å². The second-order valence-electron chi connectivity index (χ2n) is 13.4. The highest BCUT2D eigenvalue weighted by Gasteiger charge is 2.37. The average Bonchev–Trinajstić information content (AvgIpc) is 3.75. The summed E-state index contributed by atoms with van der Waals surface area (Å²) in [5.41, 5.74) is 0.301. The van der Waals surface area contributed by atoms with Gasteiger partial charge in [0.25, 0.3) is 0 Å². The zero-order chi connectivity index (χ0) is 35.4. The lowest BCUT2D eigenvalue weighted by molar-refractivity contribution is -0.155. The van der Waals surface area contributed by atoms with Gasteiger partial charge in [-0.05, 0) is 64.5 Å². The van der Waals surface area contributed by atoms with Gasteiger partial charge < -0.3 is 24.0 Å². The number of ketones is 1. The summed E-state index contributed by atoms with van der Waals surface area (Å²) in [5, 5.41) is 11.8. The minimum absolute atomic E-state index is 0.00539. The first kappa shape index (κ1) is 34.3. The van der Waals surface area contributed by atoms with Gasteiger partial charge in [-0.15, -0.1) is 11.3 Å². The molecule has 2 aliphatic rings. The van der Waals surface area contributed by atoms with Gasteiger partial charge in [0, 0.05) is 48.5 Å². The van der Waals surface area contributed by atoms with Crippen LogP contribution in [0.5, 0.6) is 5.75 Å². The second kappa shape index (κ2) is 13.1. The number of methoxy groups -OCH3 is 1. The summed E-state index contributed by atoms with van der Waals surface area (Å²) in [4.78, 5) is 56.2. The Morgan fingerprint density at radius 3 is 2.35 bits per heavy atom. The van der Waals surface area contributed by atoms with E-state index in [1.165, 1.54) is 25.4 Å². The molecule has 2 aromatic carbocycles. The van der Waals surface area contributed by atoms with Crippen LogP contribution >= 0.6 is 11.3 Å². The van der Waals surface area contributed by atoms with E-state index in [0.717, 1.165) is 18.4 Å². The van der Waals surface area contributed by atoms with Gasteiger partial charge >= 0.3 is 11.9 Å². The van der Waals surface area contributed by atoms with E-state index < -0.39 is 28.6 Å². The number of carboxylic acids is 1. The Hall–Kier alpha value is -4.55. The Labute approximate surface area is 287 Å². The summed E-state index contributed by atoms with van der Waals surface area (Å²) >= 11 is 1.38. The van der Waals surface area contributed by atoms with E-state index in [1.807, 2.05) is 32.7 Å². The molecule has 2 aromatic heterocycles. The molecule has 1 atom stereocenters. The van der Waals surface area contributed by atoms with Crippen LogP contribution in [0, 0.1) is 19.7 Å². The SMILES string of the molecule is COc1c(N2CCN(COC(=O)C(C)(C)c3ccc(C(=O)c4cccs4)cc3)C(C)C2)c(F)c(C)c2c(=O)c(C(=O)O)c(C)n(C3CC3)c12. The number of thiophene rings is 1.